The van der Waals surface area contributed by atoms with Gasteiger partial charge in [0.25, 0.3) is 0 Å². The smallest absolute Gasteiger partial charge is 0.327 e. The van der Waals surface area contributed by atoms with Crippen molar-refractivity contribution in [3.8, 4) is 0 Å². The average molecular weight is 303 g/mol. The standard InChI is InChI=1S/C11H9N7O2S/c1-20-9(19)6-18-11(15-16-17-18)21-8-3-2-7-10(14-8)13-5-4-12-7/h2-5H,6H2,1H3. The van der Waals surface area contributed by atoms with Gasteiger partial charge >= 0.3 is 5.97 Å². The summed E-state index contributed by atoms with van der Waals surface area (Å²) in [5.74, 6) is -0.429. The second-order valence-corrected chi connectivity index (χ2v) is 4.83. The fraction of sp³-hybridized carbons (Fsp3) is 0.182. The number of aromatic nitrogens is 7. The van der Waals surface area contributed by atoms with Gasteiger partial charge in [-0.1, -0.05) is 0 Å². The van der Waals surface area contributed by atoms with E-state index in [9.17, 15) is 4.79 Å². The Bertz CT molecular complexity index is 791. The zero-order valence-corrected chi connectivity index (χ0v) is 11.7. The van der Waals surface area contributed by atoms with E-state index in [0.29, 0.717) is 21.3 Å². The molecule has 3 aromatic heterocycles. The van der Waals surface area contributed by atoms with Gasteiger partial charge < -0.3 is 4.74 Å². The Balaban J connectivity index is 1.85. The third-order valence-corrected chi connectivity index (χ3v) is 3.42. The molecule has 0 radical (unpaired) electrons. The van der Waals surface area contributed by atoms with Crippen molar-refractivity contribution in [2.24, 2.45) is 0 Å². The molecule has 0 aromatic carbocycles. The minimum Gasteiger partial charge on any atom is -0.468 e. The van der Waals surface area contributed by atoms with Crippen molar-refractivity contribution < 1.29 is 9.53 Å². The van der Waals surface area contributed by atoms with Crippen LogP contribution in [0.25, 0.3) is 11.2 Å². The predicted molar refractivity (Wildman–Crippen MR) is 71.3 cm³/mol. The second kappa shape index (κ2) is 5.79. The molecule has 10 heteroatoms. The molecule has 0 fully saturated rings. The van der Waals surface area contributed by atoms with Gasteiger partial charge in [0.2, 0.25) is 5.16 Å². The Kier molecular flexibility index (Phi) is 3.69. The molecule has 3 heterocycles. The van der Waals surface area contributed by atoms with E-state index in [1.165, 1.54) is 23.6 Å². The van der Waals surface area contributed by atoms with E-state index in [1.807, 2.05) is 6.07 Å². The molecular weight excluding hydrogens is 294 g/mol. The number of carbonyl (C=O) groups excluding carboxylic acids is 1. The van der Waals surface area contributed by atoms with Crippen molar-refractivity contribution in [1.29, 1.82) is 0 Å². The summed E-state index contributed by atoms with van der Waals surface area (Å²) in [7, 11) is 1.31. The first-order chi connectivity index (χ1) is 10.3. The molecule has 3 aromatic rings. The number of hydrogen-bond donors (Lipinski definition) is 0. The summed E-state index contributed by atoms with van der Waals surface area (Å²) in [5, 5.41) is 12.2. The minimum absolute atomic E-state index is 0.0563. The van der Waals surface area contributed by atoms with Gasteiger partial charge in [0.1, 0.15) is 17.1 Å². The van der Waals surface area contributed by atoms with Crippen molar-refractivity contribution in [2.45, 2.75) is 16.7 Å². The van der Waals surface area contributed by atoms with Gasteiger partial charge in [0.05, 0.1) is 7.11 Å². The molecule has 0 N–H and O–H groups in total. The second-order valence-electron chi connectivity index (χ2n) is 3.85. The molecule has 9 nitrogen and oxygen atoms in total. The third-order valence-electron chi connectivity index (χ3n) is 2.51. The monoisotopic (exact) mass is 303 g/mol. The summed E-state index contributed by atoms with van der Waals surface area (Å²) in [6.45, 7) is -0.0563. The molecule has 0 aliphatic carbocycles. The van der Waals surface area contributed by atoms with Gasteiger partial charge in [-0.2, -0.15) is 0 Å². The lowest BCUT2D eigenvalue weighted by Gasteiger charge is -2.03. The largest absolute Gasteiger partial charge is 0.468 e. The first-order valence-corrected chi connectivity index (χ1v) is 6.66. The Morgan fingerprint density at radius 3 is 3.05 bits per heavy atom. The van der Waals surface area contributed by atoms with Gasteiger partial charge in [-0.3, -0.25) is 9.78 Å². The Labute approximate surface area is 122 Å². The normalized spacial score (nSPS) is 10.7. The van der Waals surface area contributed by atoms with Crippen LogP contribution in [-0.2, 0) is 16.1 Å². The Hall–Kier alpha value is -2.62. The topological polar surface area (TPSA) is 109 Å². The van der Waals surface area contributed by atoms with E-state index >= 15 is 0 Å². The zero-order chi connectivity index (χ0) is 14.7. The molecule has 21 heavy (non-hydrogen) atoms. The molecular formula is C11H9N7O2S. The molecule has 0 saturated heterocycles. The van der Waals surface area contributed by atoms with Crippen LogP contribution < -0.4 is 0 Å². The third kappa shape index (κ3) is 2.94. The molecule has 106 valence electrons. The Morgan fingerprint density at radius 1 is 1.33 bits per heavy atom. The van der Waals surface area contributed by atoms with E-state index in [1.54, 1.807) is 18.5 Å². The Morgan fingerprint density at radius 2 is 2.19 bits per heavy atom. The van der Waals surface area contributed by atoms with Crippen LogP contribution in [0.5, 0.6) is 0 Å². The van der Waals surface area contributed by atoms with Crippen LogP contribution in [0, 0.1) is 0 Å². The number of pyridine rings is 1. The van der Waals surface area contributed by atoms with E-state index in [2.05, 4.69) is 35.2 Å². The van der Waals surface area contributed by atoms with E-state index < -0.39 is 5.97 Å². The first kappa shape index (κ1) is 13.4. The van der Waals surface area contributed by atoms with Gasteiger partial charge in [-0.25, -0.2) is 14.6 Å². The van der Waals surface area contributed by atoms with Crippen LogP contribution in [0.1, 0.15) is 0 Å². The molecule has 0 unspecified atom stereocenters. The molecule has 0 atom stereocenters. The summed E-state index contributed by atoms with van der Waals surface area (Å²) < 4.78 is 5.93. The maximum atomic E-state index is 11.3. The lowest BCUT2D eigenvalue weighted by atomic mass is 10.4. The van der Waals surface area contributed by atoms with Crippen molar-refractivity contribution in [1.82, 2.24) is 35.2 Å². The van der Waals surface area contributed by atoms with Crippen LogP contribution in [0.3, 0.4) is 0 Å². The quantitative estimate of drug-likeness (QED) is 0.630. The van der Waals surface area contributed by atoms with Crippen LogP contribution in [0.2, 0.25) is 0 Å². The lowest BCUT2D eigenvalue weighted by Crippen LogP contribution is -2.13. The number of rotatable bonds is 4. The highest BCUT2D eigenvalue weighted by molar-refractivity contribution is 7.99. The predicted octanol–water partition coefficient (Wildman–Crippen LogP) is 0.335. The summed E-state index contributed by atoms with van der Waals surface area (Å²) in [4.78, 5) is 23.9. The van der Waals surface area contributed by atoms with Crippen molar-refractivity contribution in [3.63, 3.8) is 0 Å². The van der Waals surface area contributed by atoms with Crippen LogP contribution in [-0.4, -0.2) is 48.2 Å². The van der Waals surface area contributed by atoms with Crippen molar-refractivity contribution >= 4 is 28.9 Å². The molecule has 0 aliphatic heterocycles. The molecule has 0 bridgehead atoms. The average Bonchev–Trinajstić information content (AvgIpc) is 2.94. The number of carbonyl (C=O) groups is 1. The molecule has 0 spiro atoms. The van der Waals surface area contributed by atoms with E-state index in [4.69, 9.17) is 0 Å². The number of tetrazole rings is 1. The van der Waals surface area contributed by atoms with Crippen molar-refractivity contribution in [2.75, 3.05) is 7.11 Å². The van der Waals surface area contributed by atoms with Gasteiger partial charge in [-0.05, 0) is 34.3 Å². The lowest BCUT2D eigenvalue weighted by molar-refractivity contribution is -0.141. The minimum atomic E-state index is -0.429. The molecule has 0 amide bonds. The highest BCUT2D eigenvalue weighted by Crippen LogP contribution is 2.24. The molecule has 3 rings (SSSR count). The summed E-state index contributed by atoms with van der Waals surface area (Å²) in [5.41, 5.74) is 1.24. The highest BCUT2D eigenvalue weighted by Gasteiger charge is 2.13. The highest BCUT2D eigenvalue weighted by atomic mass is 32.2. The maximum absolute atomic E-state index is 11.3. The fourth-order valence-corrected chi connectivity index (χ4v) is 2.28. The number of ether oxygens (including phenoxy) is 1. The first-order valence-electron chi connectivity index (χ1n) is 5.85. The van der Waals surface area contributed by atoms with Crippen LogP contribution >= 0.6 is 11.8 Å². The SMILES string of the molecule is COC(=O)Cn1nnnc1Sc1ccc2nccnc2n1. The van der Waals surface area contributed by atoms with Gasteiger partial charge in [0.15, 0.2) is 5.65 Å². The fourth-order valence-electron chi connectivity index (χ4n) is 1.54. The number of nitrogens with zero attached hydrogens (tertiary/aromatic N) is 7. The number of methoxy groups -OCH3 is 1. The summed E-state index contributed by atoms with van der Waals surface area (Å²) >= 11 is 1.23. The number of esters is 1. The van der Waals surface area contributed by atoms with E-state index in [-0.39, 0.29) is 6.54 Å². The van der Waals surface area contributed by atoms with Crippen molar-refractivity contribution in [3.05, 3.63) is 24.5 Å². The number of hydrogen-bond acceptors (Lipinski definition) is 9. The van der Waals surface area contributed by atoms with Gasteiger partial charge in [-0.15, -0.1) is 5.10 Å². The molecule has 0 saturated carbocycles. The zero-order valence-electron chi connectivity index (χ0n) is 10.9. The maximum Gasteiger partial charge on any atom is 0.327 e. The van der Waals surface area contributed by atoms with Crippen LogP contribution in [0.15, 0.2) is 34.7 Å². The molecule has 0 aliphatic rings. The van der Waals surface area contributed by atoms with Crippen LogP contribution in [0.4, 0.5) is 0 Å². The number of fused-ring (bicyclic) bond motifs is 1. The summed E-state index contributed by atoms with van der Waals surface area (Å²) in [6, 6.07) is 3.60. The van der Waals surface area contributed by atoms with Gasteiger partial charge in [0, 0.05) is 12.4 Å². The summed E-state index contributed by atoms with van der Waals surface area (Å²) in [6.07, 6.45) is 3.18. The van der Waals surface area contributed by atoms with E-state index in [0.717, 1.165) is 0 Å².